The van der Waals surface area contributed by atoms with Crippen molar-refractivity contribution >= 4 is 22.4 Å². The number of likely N-dealkylation sites (N-methyl/N-ethyl adjacent to an activating group) is 1. The average molecular weight is 333 g/mol. The highest BCUT2D eigenvalue weighted by molar-refractivity contribution is 7.89. The van der Waals surface area contributed by atoms with Crippen LogP contribution in [0.5, 0.6) is 0 Å². The van der Waals surface area contributed by atoms with Crippen molar-refractivity contribution in [3.05, 3.63) is 29.3 Å². The molecule has 0 amide bonds. The third kappa shape index (κ3) is 4.93. The summed E-state index contributed by atoms with van der Waals surface area (Å²) in [6.45, 7) is 1.94. The molecule has 0 saturated heterocycles. The summed E-state index contributed by atoms with van der Waals surface area (Å²) in [6.07, 6.45) is -4.57. The Morgan fingerprint density at radius 3 is 2.30 bits per heavy atom. The van der Waals surface area contributed by atoms with E-state index in [4.69, 9.17) is 0 Å². The van der Waals surface area contributed by atoms with Crippen molar-refractivity contribution in [2.75, 3.05) is 20.1 Å². The first kappa shape index (κ1) is 19.2. The van der Waals surface area contributed by atoms with E-state index in [1.54, 1.807) is 7.05 Å². The summed E-state index contributed by atoms with van der Waals surface area (Å²) >= 11 is 0. The number of halogens is 4. The summed E-state index contributed by atoms with van der Waals surface area (Å²) < 4.78 is 63.7. The van der Waals surface area contributed by atoms with Gasteiger partial charge in [-0.05, 0) is 31.7 Å². The quantitative estimate of drug-likeness (QED) is 0.810. The molecule has 4 nitrogen and oxygen atoms in total. The van der Waals surface area contributed by atoms with Gasteiger partial charge in [0.2, 0.25) is 10.0 Å². The maximum Gasteiger partial charge on any atom is 0.416 e. The van der Waals surface area contributed by atoms with E-state index in [9.17, 15) is 21.6 Å². The number of nitrogens with one attached hydrogen (secondary N) is 2. The molecule has 0 unspecified atom stereocenters. The lowest BCUT2D eigenvalue weighted by atomic mass is 10.1. The smallest absolute Gasteiger partial charge is 0.318 e. The van der Waals surface area contributed by atoms with E-state index < -0.39 is 21.8 Å². The minimum atomic E-state index is -4.57. The van der Waals surface area contributed by atoms with Crippen LogP contribution in [-0.2, 0) is 16.2 Å². The summed E-state index contributed by atoms with van der Waals surface area (Å²) in [4.78, 5) is -0.349. The van der Waals surface area contributed by atoms with Crippen molar-refractivity contribution in [2.45, 2.75) is 18.0 Å². The van der Waals surface area contributed by atoms with E-state index in [0.717, 1.165) is 12.1 Å². The number of benzene rings is 1. The van der Waals surface area contributed by atoms with Crippen molar-refractivity contribution in [3.63, 3.8) is 0 Å². The van der Waals surface area contributed by atoms with Gasteiger partial charge in [-0.3, -0.25) is 0 Å². The van der Waals surface area contributed by atoms with E-state index in [-0.39, 0.29) is 29.4 Å². The Kier molecular flexibility index (Phi) is 6.96. The van der Waals surface area contributed by atoms with Crippen molar-refractivity contribution < 1.29 is 21.6 Å². The number of rotatable bonds is 5. The van der Waals surface area contributed by atoms with Crippen molar-refractivity contribution in [3.8, 4) is 0 Å². The Hall–Kier alpha value is -0.830. The molecular weight excluding hydrogens is 317 g/mol. The fraction of sp³-hybridized carbons (Fsp3) is 0.455. The molecule has 0 saturated carbocycles. The molecule has 0 aliphatic heterocycles. The monoisotopic (exact) mass is 332 g/mol. The van der Waals surface area contributed by atoms with Gasteiger partial charge in [0.05, 0.1) is 10.5 Å². The fourth-order valence-electron chi connectivity index (χ4n) is 1.45. The Bertz CT molecular complexity index is 547. The predicted molar refractivity (Wildman–Crippen MR) is 72.5 cm³/mol. The normalized spacial score (nSPS) is 12.1. The van der Waals surface area contributed by atoms with Gasteiger partial charge in [-0.2, -0.15) is 13.2 Å². The van der Waals surface area contributed by atoms with Gasteiger partial charge in [-0.1, -0.05) is 6.07 Å². The molecule has 0 heterocycles. The average Bonchev–Trinajstić information content (AvgIpc) is 2.27. The predicted octanol–water partition coefficient (Wildman–Crippen LogP) is 1.93. The van der Waals surface area contributed by atoms with Crippen LogP contribution in [0, 0.1) is 6.92 Å². The Morgan fingerprint density at radius 2 is 1.80 bits per heavy atom. The van der Waals surface area contributed by atoms with Crippen LogP contribution in [-0.4, -0.2) is 28.6 Å². The molecule has 0 aliphatic rings. The van der Waals surface area contributed by atoms with Gasteiger partial charge in [0.1, 0.15) is 0 Å². The van der Waals surface area contributed by atoms with Gasteiger partial charge in [-0.15, -0.1) is 12.4 Å². The standard InChI is InChI=1S/C11H15F3N2O2S.ClH/c1-8-3-4-9(11(12,13)14)7-10(8)19(17,18)16-6-5-15-2;/h3-4,7,15-16H,5-6H2,1-2H3;1H. The molecule has 0 spiro atoms. The zero-order chi connectivity index (χ0) is 14.7. The number of hydrogen-bond donors (Lipinski definition) is 2. The molecule has 0 radical (unpaired) electrons. The molecule has 2 N–H and O–H groups in total. The molecule has 1 aromatic rings. The second kappa shape index (κ2) is 7.26. The van der Waals surface area contributed by atoms with Gasteiger partial charge in [0.25, 0.3) is 0 Å². The first-order valence-electron chi connectivity index (χ1n) is 5.50. The first-order valence-corrected chi connectivity index (χ1v) is 6.99. The minimum Gasteiger partial charge on any atom is -0.318 e. The molecule has 1 rings (SSSR count). The summed E-state index contributed by atoms with van der Waals surface area (Å²) in [5.74, 6) is 0. The summed E-state index contributed by atoms with van der Waals surface area (Å²) in [7, 11) is -2.29. The number of alkyl halides is 3. The zero-order valence-electron chi connectivity index (χ0n) is 10.9. The first-order chi connectivity index (χ1) is 8.68. The van der Waals surface area contributed by atoms with Gasteiger partial charge in [0.15, 0.2) is 0 Å². The summed E-state index contributed by atoms with van der Waals surface area (Å²) in [5, 5.41) is 2.74. The summed E-state index contributed by atoms with van der Waals surface area (Å²) in [6, 6.07) is 2.66. The fourth-order valence-corrected chi connectivity index (χ4v) is 2.75. The van der Waals surface area contributed by atoms with E-state index in [1.807, 2.05) is 0 Å². The molecule has 9 heteroatoms. The Morgan fingerprint density at radius 1 is 1.20 bits per heavy atom. The Balaban J connectivity index is 0.00000361. The minimum absolute atomic E-state index is 0. The third-order valence-corrected chi connectivity index (χ3v) is 4.08. The van der Waals surface area contributed by atoms with E-state index in [1.165, 1.54) is 6.92 Å². The molecule has 0 aromatic heterocycles. The maximum absolute atomic E-state index is 12.6. The lowest BCUT2D eigenvalue weighted by Crippen LogP contribution is -2.31. The van der Waals surface area contributed by atoms with Gasteiger partial charge in [0, 0.05) is 13.1 Å². The van der Waals surface area contributed by atoms with E-state index in [0.29, 0.717) is 12.6 Å². The lowest BCUT2D eigenvalue weighted by Gasteiger charge is -2.12. The lowest BCUT2D eigenvalue weighted by molar-refractivity contribution is -0.137. The molecule has 0 atom stereocenters. The van der Waals surface area contributed by atoms with Gasteiger partial charge in [-0.25, -0.2) is 13.1 Å². The maximum atomic E-state index is 12.6. The van der Waals surface area contributed by atoms with E-state index >= 15 is 0 Å². The van der Waals surface area contributed by atoms with Crippen LogP contribution < -0.4 is 10.0 Å². The SMILES string of the molecule is CNCCNS(=O)(=O)c1cc(C(F)(F)F)ccc1C.Cl. The Labute approximate surface area is 122 Å². The highest BCUT2D eigenvalue weighted by Crippen LogP contribution is 2.31. The van der Waals surface area contributed by atoms with Crippen LogP contribution >= 0.6 is 12.4 Å². The van der Waals surface area contributed by atoms with Gasteiger partial charge < -0.3 is 5.32 Å². The second-order valence-corrected chi connectivity index (χ2v) is 5.71. The van der Waals surface area contributed by atoms with Crippen molar-refractivity contribution in [2.24, 2.45) is 0 Å². The van der Waals surface area contributed by atoms with Crippen LogP contribution in [0.2, 0.25) is 0 Å². The molecule has 0 fully saturated rings. The topological polar surface area (TPSA) is 58.2 Å². The van der Waals surface area contributed by atoms with Crippen LogP contribution in [0.1, 0.15) is 11.1 Å². The molecular formula is C11H16ClF3N2O2S. The molecule has 20 heavy (non-hydrogen) atoms. The number of sulfonamides is 1. The number of aryl methyl sites for hydroxylation is 1. The van der Waals surface area contributed by atoms with Crippen molar-refractivity contribution in [1.82, 2.24) is 10.0 Å². The zero-order valence-corrected chi connectivity index (χ0v) is 12.5. The van der Waals surface area contributed by atoms with Crippen LogP contribution in [0.4, 0.5) is 13.2 Å². The van der Waals surface area contributed by atoms with Crippen LogP contribution in [0.3, 0.4) is 0 Å². The second-order valence-electron chi connectivity index (χ2n) is 3.98. The van der Waals surface area contributed by atoms with Crippen LogP contribution in [0.15, 0.2) is 23.1 Å². The van der Waals surface area contributed by atoms with Crippen molar-refractivity contribution in [1.29, 1.82) is 0 Å². The van der Waals surface area contributed by atoms with E-state index in [2.05, 4.69) is 10.0 Å². The molecule has 116 valence electrons. The van der Waals surface area contributed by atoms with Crippen LogP contribution in [0.25, 0.3) is 0 Å². The molecule has 1 aromatic carbocycles. The molecule has 0 bridgehead atoms. The highest BCUT2D eigenvalue weighted by atomic mass is 35.5. The molecule has 0 aliphatic carbocycles. The third-order valence-electron chi connectivity index (χ3n) is 2.47. The van der Waals surface area contributed by atoms with Gasteiger partial charge >= 0.3 is 6.18 Å². The largest absolute Gasteiger partial charge is 0.416 e. The summed E-state index contributed by atoms with van der Waals surface area (Å²) in [5.41, 5.74) is -0.711. The highest BCUT2D eigenvalue weighted by Gasteiger charge is 2.32. The number of hydrogen-bond acceptors (Lipinski definition) is 3.